The molecule has 0 radical (unpaired) electrons. The van der Waals surface area contributed by atoms with E-state index in [2.05, 4.69) is 32.1 Å². The van der Waals surface area contributed by atoms with Crippen LogP contribution in [0.5, 0.6) is 11.5 Å². The average Bonchev–Trinajstić information content (AvgIpc) is 2.92. The van der Waals surface area contributed by atoms with E-state index < -0.39 is 24.1 Å². The van der Waals surface area contributed by atoms with Crippen LogP contribution in [-0.2, 0) is 19.0 Å². The highest BCUT2D eigenvalue weighted by Crippen LogP contribution is 2.35. The minimum atomic E-state index is -0.981. The van der Waals surface area contributed by atoms with Crippen LogP contribution < -0.4 is 9.47 Å². The van der Waals surface area contributed by atoms with E-state index >= 15 is 0 Å². The molecule has 3 unspecified atom stereocenters. The third-order valence-corrected chi connectivity index (χ3v) is 6.53. The molecule has 0 heterocycles. The molecule has 1 aliphatic carbocycles. The van der Waals surface area contributed by atoms with Crippen molar-refractivity contribution in [1.82, 2.24) is 0 Å². The average molecular weight is 539 g/mol. The summed E-state index contributed by atoms with van der Waals surface area (Å²) in [6.07, 6.45) is 2.96. The summed E-state index contributed by atoms with van der Waals surface area (Å²) in [7, 11) is 0. The van der Waals surface area contributed by atoms with E-state index in [1.807, 2.05) is 0 Å². The Labute approximate surface area is 228 Å². The second kappa shape index (κ2) is 14.1. The van der Waals surface area contributed by atoms with Gasteiger partial charge >= 0.3 is 24.1 Å². The lowest BCUT2D eigenvalue weighted by atomic mass is 9.75. The van der Waals surface area contributed by atoms with E-state index in [-0.39, 0.29) is 36.4 Å². The normalized spacial score (nSPS) is 18.5. The van der Waals surface area contributed by atoms with Crippen molar-refractivity contribution in [1.29, 1.82) is 0 Å². The fraction of sp³-hybridized carbons (Fsp3) is 0.400. The minimum absolute atomic E-state index is 0.110. The molecule has 208 valence electrons. The summed E-state index contributed by atoms with van der Waals surface area (Å²) in [6.45, 7) is 9.44. The molecule has 0 bridgehead atoms. The van der Waals surface area contributed by atoms with Crippen molar-refractivity contribution in [3.05, 3.63) is 72.3 Å². The maximum absolute atomic E-state index is 12.8. The summed E-state index contributed by atoms with van der Waals surface area (Å²) in [5.41, 5.74) is 0.637. The fourth-order valence-corrected chi connectivity index (χ4v) is 4.39. The van der Waals surface area contributed by atoms with Crippen LogP contribution in [0.15, 0.2) is 61.2 Å². The van der Waals surface area contributed by atoms with Crippen molar-refractivity contribution in [3.63, 3.8) is 0 Å². The zero-order valence-corrected chi connectivity index (χ0v) is 22.4. The van der Waals surface area contributed by atoms with E-state index in [1.54, 1.807) is 12.1 Å². The molecule has 1 fully saturated rings. The van der Waals surface area contributed by atoms with Crippen LogP contribution in [0.3, 0.4) is 0 Å². The van der Waals surface area contributed by atoms with Gasteiger partial charge in [0, 0.05) is 6.08 Å². The third kappa shape index (κ3) is 8.98. The predicted molar refractivity (Wildman–Crippen MR) is 142 cm³/mol. The lowest BCUT2D eigenvalue weighted by molar-refractivity contribution is -0.138. The summed E-state index contributed by atoms with van der Waals surface area (Å²) >= 11 is 0. The number of rotatable bonds is 10. The quantitative estimate of drug-likeness (QED) is 0.0929. The molecule has 0 N–H and O–H groups in total. The van der Waals surface area contributed by atoms with Gasteiger partial charge in [-0.3, -0.25) is 0 Å². The van der Waals surface area contributed by atoms with Gasteiger partial charge in [0.25, 0.3) is 0 Å². The largest absolute Gasteiger partial charge is 0.513 e. The third-order valence-electron chi connectivity index (χ3n) is 6.53. The molecule has 0 aliphatic heterocycles. The van der Waals surface area contributed by atoms with E-state index in [1.165, 1.54) is 36.4 Å². The van der Waals surface area contributed by atoms with Gasteiger partial charge < -0.3 is 23.7 Å². The molecule has 1 aliphatic rings. The molecule has 0 aromatic heterocycles. The molecule has 1 saturated carbocycles. The zero-order chi connectivity index (χ0) is 28.4. The molecular formula is C30H34O9. The van der Waals surface area contributed by atoms with Gasteiger partial charge in [-0.15, -0.1) is 0 Å². The van der Waals surface area contributed by atoms with Crippen LogP contribution >= 0.6 is 0 Å². The first kappa shape index (κ1) is 29.4. The Hall–Kier alpha value is -4.14. The van der Waals surface area contributed by atoms with Crippen molar-refractivity contribution in [2.24, 2.45) is 17.8 Å². The summed E-state index contributed by atoms with van der Waals surface area (Å²) in [4.78, 5) is 48.0. The van der Waals surface area contributed by atoms with Gasteiger partial charge in [-0.05, 0) is 79.1 Å². The van der Waals surface area contributed by atoms with Gasteiger partial charge in [0.2, 0.25) is 0 Å². The molecule has 3 atom stereocenters. The van der Waals surface area contributed by atoms with Crippen LogP contribution in [0.4, 0.5) is 4.79 Å². The van der Waals surface area contributed by atoms with Crippen molar-refractivity contribution < 1.29 is 42.9 Å². The monoisotopic (exact) mass is 538 g/mol. The molecule has 3 rings (SSSR count). The van der Waals surface area contributed by atoms with Gasteiger partial charge in [0.1, 0.15) is 30.8 Å². The maximum atomic E-state index is 12.8. The number of carbonyl (C=O) groups excluding carboxylic acids is 4. The molecule has 2 aromatic carbocycles. The highest BCUT2D eigenvalue weighted by molar-refractivity contribution is 5.94. The fourth-order valence-electron chi connectivity index (χ4n) is 4.39. The zero-order valence-electron chi connectivity index (χ0n) is 22.4. The Morgan fingerprint density at radius 3 is 2.00 bits per heavy atom. The van der Waals surface area contributed by atoms with E-state index in [4.69, 9.17) is 18.9 Å². The van der Waals surface area contributed by atoms with Gasteiger partial charge in [-0.1, -0.05) is 33.8 Å². The van der Waals surface area contributed by atoms with Crippen LogP contribution in [0.25, 0.3) is 0 Å². The molecular weight excluding hydrogens is 504 g/mol. The number of carbonyl (C=O) groups is 4. The number of hydrogen-bond donors (Lipinski definition) is 0. The number of hydrogen-bond acceptors (Lipinski definition) is 9. The first-order chi connectivity index (χ1) is 18.7. The van der Waals surface area contributed by atoms with Crippen LogP contribution in [0.1, 0.15) is 60.7 Å². The Balaban J connectivity index is 1.48. The van der Waals surface area contributed by atoms with Crippen molar-refractivity contribution in [3.8, 4) is 11.5 Å². The lowest BCUT2D eigenvalue weighted by Crippen LogP contribution is -2.35. The van der Waals surface area contributed by atoms with E-state index in [0.717, 1.165) is 25.3 Å². The first-order valence-electron chi connectivity index (χ1n) is 12.9. The standard InChI is InChI=1S/C30H34O9/c1-5-27(31)35-16-17-36-30(34)38-24-13-11-23(12-14-24)37-28(32)21-7-9-22(10-8-21)29(33)39-26-18-20(4)6-15-25(26)19(2)3/h5,7-14,19-20,25-26H,1,6,15-18H2,2-4H3. The SMILES string of the molecule is C=CC(=O)OCCOC(=O)Oc1ccc(OC(=O)c2ccc(C(=O)OC3CC(C)CCC3C(C)C)cc2)cc1. The highest BCUT2D eigenvalue weighted by atomic mass is 16.7. The van der Waals surface area contributed by atoms with Crippen molar-refractivity contribution >= 4 is 24.1 Å². The number of benzene rings is 2. The second-order valence-electron chi connectivity index (χ2n) is 9.78. The topological polar surface area (TPSA) is 114 Å². The Morgan fingerprint density at radius 1 is 0.846 bits per heavy atom. The van der Waals surface area contributed by atoms with Gasteiger partial charge in [-0.25, -0.2) is 19.2 Å². The molecule has 0 amide bonds. The van der Waals surface area contributed by atoms with E-state index in [0.29, 0.717) is 23.3 Å². The summed E-state index contributed by atoms with van der Waals surface area (Å²) in [5, 5.41) is 0. The Morgan fingerprint density at radius 2 is 1.41 bits per heavy atom. The van der Waals surface area contributed by atoms with Gasteiger partial charge in [-0.2, -0.15) is 0 Å². The summed E-state index contributed by atoms with van der Waals surface area (Å²) in [5.74, 6) is 0.0528. The minimum Gasteiger partial charge on any atom is -0.459 e. The maximum Gasteiger partial charge on any atom is 0.513 e. The highest BCUT2D eigenvalue weighted by Gasteiger charge is 2.33. The molecule has 9 heteroatoms. The smallest absolute Gasteiger partial charge is 0.459 e. The second-order valence-corrected chi connectivity index (χ2v) is 9.78. The van der Waals surface area contributed by atoms with Crippen LogP contribution in [0.2, 0.25) is 0 Å². The van der Waals surface area contributed by atoms with Gasteiger partial charge in [0.05, 0.1) is 11.1 Å². The number of esters is 3. The van der Waals surface area contributed by atoms with Crippen molar-refractivity contribution in [2.75, 3.05) is 13.2 Å². The Bertz CT molecular complexity index is 1150. The van der Waals surface area contributed by atoms with Crippen LogP contribution in [-0.4, -0.2) is 43.4 Å². The number of ether oxygens (including phenoxy) is 5. The molecule has 0 saturated heterocycles. The van der Waals surface area contributed by atoms with E-state index in [9.17, 15) is 19.2 Å². The molecule has 9 nitrogen and oxygen atoms in total. The molecule has 39 heavy (non-hydrogen) atoms. The predicted octanol–water partition coefficient (Wildman–Crippen LogP) is 5.77. The lowest BCUT2D eigenvalue weighted by Gasteiger charge is -2.36. The molecule has 2 aromatic rings. The van der Waals surface area contributed by atoms with Crippen LogP contribution in [0, 0.1) is 17.8 Å². The summed E-state index contributed by atoms with van der Waals surface area (Å²) in [6, 6.07) is 11.9. The Kier molecular flexibility index (Phi) is 10.7. The van der Waals surface area contributed by atoms with Gasteiger partial charge in [0.15, 0.2) is 0 Å². The summed E-state index contributed by atoms with van der Waals surface area (Å²) < 4.78 is 25.7. The van der Waals surface area contributed by atoms with Crippen molar-refractivity contribution in [2.45, 2.75) is 46.1 Å². The first-order valence-corrected chi connectivity index (χ1v) is 12.9. The molecule has 0 spiro atoms.